The second-order valence-electron chi connectivity index (χ2n) is 6.94. The number of piperidine rings is 1. The standard InChI is InChI=1S/C21H23FN2O2/c1-14-10-15(2)12-17(11-14)23-20(25)16-6-5-9-24(13-16)21(26)18-7-3-4-8-19(18)22/h3-4,7-8,10-12,16H,5-6,9,13H2,1-2H3,(H,23,25). The number of carbonyl (C=O) groups excluding carboxylic acids is 2. The first-order chi connectivity index (χ1) is 12.4. The van der Waals surface area contributed by atoms with E-state index in [1.165, 1.54) is 12.1 Å². The third kappa shape index (κ3) is 4.10. The summed E-state index contributed by atoms with van der Waals surface area (Å²) in [7, 11) is 0. The Balaban J connectivity index is 1.69. The van der Waals surface area contributed by atoms with Crippen LogP contribution in [0, 0.1) is 25.6 Å². The van der Waals surface area contributed by atoms with Crippen LogP contribution in [0.15, 0.2) is 42.5 Å². The van der Waals surface area contributed by atoms with Crippen LogP contribution in [0.25, 0.3) is 0 Å². The molecule has 136 valence electrons. The number of nitrogens with one attached hydrogen (secondary N) is 1. The maximum absolute atomic E-state index is 13.9. The molecule has 0 radical (unpaired) electrons. The normalized spacial score (nSPS) is 17.0. The summed E-state index contributed by atoms with van der Waals surface area (Å²) < 4.78 is 13.9. The van der Waals surface area contributed by atoms with Crippen LogP contribution in [-0.4, -0.2) is 29.8 Å². The molecule has 26 heavy (non-hydrogen) atoms. The van der Waals surface area contributed by atoms with Crippen LogP contribution in [0.2, 0.25) is 0 Å². The van der Waals surface area contributed by atoms with Crippen molar-refractivity contribution >= 4 is 17.5 Å². The molecule has 1 aliphatic heterocycles. The van der Waals surface area contributed by atoms with Gasteiger partial charge in [0, 0.05) is 18.8 Å². The Morgan fingerprint density at radius 2 is 1.81 bits per heavy atom. The number of hydrogen-bond donors (Lipinski definition) is 1. The van der Waals surface area contributed by atoms with Crippen LogP contribution < -0.4 is 5.32 Å². The Bertz CT molecular complexity index is 814. The molecule has 1 unspecified atom stereocenters. The number of amides is 2. The van der Waals surface area contributed by atoms with Gasteiger partial charge in [-0.15, -0.1) is 0 Å². The molecule has 5 heteroatoms. The lowest BCUT2D eigenvalue weighted by Gasteiger charge is -2.32. The summed E-state index contributed by atoms with van der Waals surface area (Å²) in [6.07, 6.45) is 1.45. The van der Waals surface area contributed by atoms with Gasteiger partial charge in [-0.25, -0.2) is 4.39 Å². The zero-order chi connectivity index (χ0) is 18.7. The molecule has 1 heterocycles. The highest BCUT2D eigenvalue weighted by atomic mass is 19.1. The number of nitrogens with zero attached hydrogens (tertiary/aromatic N) is 1. The Kier molecular flexibility index (Phi) is 5.35. The highest BCUT2D eigenvalue weighted by Gasteiger charge is 2.29. The maximum atomic E-state index is 13.9. The molecule has 3 rings (SSSR count). The SMILES string of the molecule is Cc1cc(C)cc(NC(=O)C2CCCN(C(=O)c3ccccc3F)C2)c1. The summed E-state index contributed by atoms with van der Waals surface area (Å²) in [5.41, 5.74) is 2.99. The third-order valence-corrected chi connectivity index (χ3v) is 4.67. The van der Waals surface area contributed by atoms with E-state index in [1.807, 2.05) is 32.0 Å². The molecule has 0 aliphatic carbocycles. The Labute approximate surface area is 153 Å². The predicted molar refractivity (Wildman–Crippen MR) is 99.6 cm³/mol. The molecule has 0 spiro atoms. The molecule has 2 aromatic carbocycles. The van der Waals surface area contributed by atoms with Gasteiger partial charge in [0.15, 0.2) is 0 Å². The zero-order valence-electron chi connectivity index (χ0n) is 15.1. The van der Waals surface area contributed by atoms with Crippen LogP contribution in [0.1, 0.15) is 34.3 Å². The molecule has 1 N–H and O–H groups in total. The van der Waals surface area contributed by atoms with E-state index in [4.69, 9.17) is 0 Å². The van der Waals surface area contributed by atoms with Gasteiger partial charge < -0.3 is 10.2 Å². The summed E-state index contributed by atoms with van der Waals surface area (Å²) in [5, 5.41) is 2.95. The van der Waals surface area contributed by atoms with Gasteiger partial charge in [0.05, 0.1) is 11.5 Å². The smallest absolute Gasteiger partial charge is 0.256 e. The quantitative estimate of drug-likeness (QED) is 0.908. The second kappa shape index (κ2) is 7.68. The van der Waals surface area contributed by atoms with E-state index >= 15 is 0 Å². The van der Waals surface area contributed by atoms with Gasteiger partial charge in [-0.05, 0) is 62.1 Å². The van der Waals surface area contributed by atoms with Crippen molar-refractivity contribution in [2.75, 3.05) is 18.4 Å². The molecule has 4 nitrogen and oxygen atoms in total. The molecule has 2 amide bonds. The average Bonchev–Trinajstić information content (AvgIpc) is 2.61. The first-order valence-electron chi connectivity index (χ1n) is 8.87. The largest absolute Gasteiger partial charge is 0.338 e. The van der Waals surface area contributed by atoms with Crippen molar-refractivity contribution in [3.8, 4) is 0 Å². The topological polar surface area (TPSA) is 49.4 Å². The molecule has 1 atom stereocenters. The Morgan fingerprint density at radius 3 is 2.50 bits per heavy atom. The number of carbonyl (C=O) groups is 2. The van der Waals surface area contributed by atoms with Crippen LogP contribution >= 0.6 is 0 Å². The van der Waals surface area contributed by atoms with Gasteiger partial charge in [0.1, 0.15) is 5.82 Å². The molecule has 2 aromatic rings. The molecular formula is C21H23FN2O2. The Morgan fingerprint density at radius 1 is 1.12 bits per heavy atom. The van der Waals surface area contributed by atoms with Crippen molar-refractivity contribution in [2.24, 2.45) is 5.92 Å². The second-order valence-corrected chi connectivity index (χ2v) is 6.94. The minimum atomic E-state index is -0.528. The van der Waals surface area contributed by atoms with E-state index in [-0.39, 0.29) is 23.3 Å². The molecule has 0 saturated carbocycles. The van der Waals surface area contributed by atoms with Gasteiger partial charge in [0.2, 0.25) is 5.91 Å². The van der Waals surface area contributed by atoms with Gasteiger partial charge in [-0.2, -0.15) is 0 Å². The van der Waals surface area contributed by atoms with Crippen LogP contribution in [0.3, 0.4) is 0 Å². The summed E-state index contributed by atoms with van der Waals surface area (Å²) in [6, 6.07) is 11.9. The third-order valence-electron chi connectivity index (χ3n) is 4.67. The molecular weight excluding hydrogens is 331 g/mol. The van der Waals surface area contributed by atoms with Gasteiger partial charge in [-0.3, -0.25) is 9.59 Å². The number of hydrogen-bond acceptors (Lipinski definition) is 2. The van der Waals surface area contributed by atoms with Crippen molar-refractivity contribution in [1.29, 1.82) is 0 Å². The highest BCUT2D eigenvalue weighted by Crippen LogP contribution is 2.22. The minimum Gasteiger partial charge on any atom is -0.338 e. The molecule has 1 saturated heterocycles. The van der Waals surface area contributed by atoms with Crippen molar-refractivity contribution in [3.63, 3.8) is 0 Å². The first-order valence-corrected chi connectivity index (χ1v) is 8.87. The van der Waals surface area contributed by atoms with E-state index in [1.54, 1.807) is 17.0 Å². The summed E-state index contributed by atoms with van der Waals surface area (Å²) in [4.78, 5) is 26.8. The lowest BCUT2D eigenvalue weighted by atomic mass is 9.96. The van der Waals surface area contributed by atoms with Crippen molar-refractivity contribution in [3.05, 3.63) is 65.0 Å². The van der Waals surface area contributed by atoms with Gasteiger partial charge >= 0.3 is 0 Å². The van der Waals surface area contributed by atoms with Crippen LogP contribution in [0.4, 0.5) is 10.1 Å². The monoisotopic (exact) mass is 354 g/mol. The van der Waals surface area contributed by atoms with Crippen molar-refractivity contribution < 1.29 is 14.0 Å². The number of likely N-dealkylation sites (tertiary alicyclic amines) is 1. The van der Waals surface area contributed by atoms with Crippen molar-refractivity contribution in [1.82, 2.24) is 4.90 Å². The molecule has 0 aromatic heterocycles. The maximum Gasteiger partial charge on any atom is 0.256 e. The number of halogens is 1. The number of benzene rings is 2. The lowest BCUT2D eigenvalue weighted by Crippen LogP contribution is -2.44. The summed E-state index contributed by atoms with van der Waals surface area (Å²) >= 11 is 0. The lowest BCUT2D eigenvalue weighted by molar-refractivity contribution is -0.121. The highest BCUT2D eigenvalue weighted by molar-refractivity contribution is 5.96. The zero-order valence-corrected chi connectivity index (χ0v) is 15.1. The van der Waals surface area contributed by atoms with E-state index in [0.29, 0.717) is 13.1 Å². The van der Waals surface area contributed by atoms with Crippen LogP contribution in [-0.2, 0) is 4.79 Å². The van der Waals surface area contributed by atoms with Gasteiger partial charge in [-0.1, -0.05) is 18.2 Å². The number of anilines is 1. The van der Waals surface area contributed by atoms with Crippen LogP contribution in [0.5, 0.6) is 0 Å². The predicted octanol–water partition coefficient (Wildman–Crippen LogP) is 3.93. The minimum absolute atomic E-state index is 0.0582. The van der Waals surface area contributed by atoms with E-state index in [2.05, 4.69) is 5.32 Å². The van der Waals surface area contributed by atoms with E-state index < -0.39 is 5.82 Å². The summed E-state index contributed by atoms with van der Waals surface area (Å²) in [5.74, 6) is -1.27. The number of rotatable bonds is 3. The van der Waals surface area contributed by atoms with E-state index in [9.17, 15) is 14.0 Å². The fourth-order valence-corrected chi connectivity index (χ4v) is 3.47. The fourth-order valence-electron chi connectivity index (χ4n) is 3.47. The van der Waals surface area contributed by atoms with Gasteiger partial charge in [0.25, 0.3) is 5.91 Å². The fraction of sp³-hybridized carbons (Fsp3) is 0.333. The molecule has 1 fully saturated rings. The summed E-state index contributed by atoms with van der Waals surface area (Å²) in [6.45, 7) is 4.82. The van der Waals surface area contributed by atoms with E-state index in [0.717, 1.165) is 29.7 Å². The first kappa shape index (κ1) is 18.1. The molecule has 0 bridgehead atoms. The Hall–Kier alpha value is -2.69. The molecule has 1 aliphatic rings. The van der Waals surface area contributed by atoms with Crippen molar-refractivity contribution in [2.45, 2.75) is 26.7 Å². The number of aryl methyl sites for hydroxylation is 2. The average molecular weight is 354 g/mol.